The van der Waals surface area contributed by atoms with Gasteiger partial charge in [-0.1, -0.05) is 30.3 Å². The van der Waals surface area contributed by atoms with Crippen LogP contribution in [0.1, 0.15) is 10.4 Å². The zero-order valence-corrected chi connectivity index (χ0v) is 18.9. The van der Waals surface area contributed by atoms with E-state index in [4.69, 9.17) is 10.5 Å². The van der Waals surface area contributed by atoms with Crippen LogP contribution < -0.4 is 10.5 Å². The molecule has 0 aliphatic heterocycles. The molecule has 36 heavy (non-hydrogen) atoms. The maximum Gasteiger partial charge on any atom is 0.504 e. The normalized spacial score (nSPS) is 11.7. The Morgan fingerprint density at radius 3 is 2.42 bits per heavy atom. The van der Waals surface area contributed by atoms with Crippen LogP contribution in [0.2, 0.25) is 0 Å². The molecule has 0 aliphatic rings. The minimum atomic E-state index is -4.87. The van der Waals surface area contributed by atoms with Gasteiger partial charge in [-0.25, -0.2) is 15.0 Å². The molecule has 1 amide bonds. The summed E-state index contributed by atoms with van der Waals surface area (Å²) in [6.45, 7) is 0. The molecule has 0 unspecified atom stereocenters. The predicted molar refractivity (Wildman–Crippen MR) is 123 cm³/mol. The Labute approximate surface area is 201 Å². The first-order valence-electron chi connectivity index (χ1n) is 10.4. The molecule has 0 atom stereocenters. The van der Waals surface area contributed by atoms with E-state index in [-0.39, 0.29) is 27.3 Å². The van der Waals surface area contributed by atoms with E-state index in [0.29, 0.717) is 28.7 Å². The quantitative estimate of drug-likeness (QED) is 0.396. The Balaban J connectivity index is 1.79. The number of carbonyl (C=O) groups excluding carboxylic acids is 1. The summed E-state index contributed by atoms with van der Waals surface area (Å²) < 4.78 is 46.7. The van der Waals surface area contributed by atoms with Gasteiger partial charge in [0.05, 0.1) is 18.2 Å². The van der Waals surface area contributed by atoms with E-state index in [1.807, 2.05) is 30.3 Å². The summed E-state index contributed by atoms with van der Waals surface area (Å²) in [5, 5.41) is 8.10. The van der Waals surface area contributed by atoms with Gasteiger partial charge < -0.3 is 10.5 Å². The van der Waals surface area contributed by atoms with Crippen molar-refractivity contribution in [3.63, 3.8) is 0 Å². The molecule has 13 heteroatoms. The highest BCUT2D eigenvalue weighted by atomic mass is 19.4. The highest BCUT2D eigenvalue weighted by Crippen LogP contribution is 2.37. The lowest BCUT2D eigenvalue weighted by Crippen LogP contribution is -2.17. The second-order valence-corrected chi connectivity index (χ2v) is 7.73. The molecule has 0 saturated heterocycles. The number of methoxy groups -OCH3 is 1. The molecular formula is C23H17F3N8O2. The molecule has 0 bridgehead atoms. The third-order valence-electron chi connectivity index (χ3n) is 5.39. The van der Waals surface area contributed by atoms with Crippen molar-refractivity contribution in [1.82, 2.24) is 34.5 Å². The number of aryl methyl sites for hydroxylation is 1. The number of carbonyl (C=O) groups is 1. The van der Waals surface area contributed by atoms with Crippen molar-refractivity contribution in [2.24, 2.45) is 12.8 Å². The van der Waals surface area contributed by atoms with Gasteiger partial charge in [0.2, 0.25) is 0 Å². The number of hydrogen-bond acceptors (Lipinski definition) is 7. The average molecular weight is 494 g/mol. The molecule has 0 fully saturated rings. The lowest BCUT2D eigenvalue weighted by atomic mass is 10.0. The van der Waals surface area contributed by atoms with E-state index >= 15 is 0 Å². The standard InChI is InChI=1S/C23H17F3N8O2/c1-33-9-13(17(31-33)12-6-4-3-5-7-12)18-20-15(28-11-29-18)8-16(36-2)21(30-20)19-14(22(27)35)10-34(32-19)23(24,25)26/h3-11H,1-2H3,(H2,27,35). The average Bonchev–Trinajstić information content (AvgIpc) is 3.48. The molecular weight excluding hydrogens is 477 g/mol. The number of aromatic nitrogens is 7. The van der Waals surface area contributed by atoms with Gasteiger partial charge in [0.25, 0.3) is 5.91 Å². The second kappa shape index (κ2) is 8.45. The van der Waals surface area contributed by atoms with Crippen molar-refractivity contribution in [2.75, 3.05) is 7.11 Å². The molecule has 0 spiro atoms. The Morgan fingerprint density at radius 2 is 1.75 bits per heavy atom. The summed E-state index contributed by atoms with van der Waals surface area (Å²) in [4.78, 5) is 25.2. The number of amides is 1. The highest BCUT2D eigenvalue weighted by molar-refractivity contribution is 6.00. The number of nitrogens with two attached hydrogens (primary N) is 1. The van der Waals surface area contributed by atoms with Crippen LogP contribution >= 0.6 is 0 Å². The van der Waals surface area contributed by atoms with Gasteiger partial charge >= 0.3 is 6.30 Å². The van der Waals surface area contributed by atoms with Crippen molar-refractivity contribution >= 4 is 16.9 Å². The minimum Gasteiger partial charge on any atom is -0.494 e. The number of fused-ring (bicyclic) bond motifs is 1. The molecule has 5 aromatic rings. The van der Waals surface area contributed by atoms with Crippen LogP contribution in [0.3, 0.4) is 0 Å². The van der Waals surface area contributed by atoms with Crippen molar-refractivity contribution in [3.05, 3.63) is 60.7 Å². The number of ether oxygens (including phenoxy) is 1. The van der Waals surface area contributed by atoms with Crippen molar-refractivity contribution < 1.29 is 22.7 Å². The summed E-state index contributed by atoms with van der Waals surface area (Å²) in [6.07, 6.45) is -1.27. The largest absolute Gasteiger partial charge is 0.504 e. The zero-order valence-electron chi connectivity index (χ0n) is 18.9. The first-order valence-corrected chi connectivity index (χ1v) is 10.4. The maximum absolute atomic E-state index is 13.4. The Kier molecular flexibility index (Phi) is 5.39. The lowest BCUT2D eigenvalue weighted by Gasteiger charge is -2.11. The SMILES string of the molecule is COc1cc2ncnc(-c3cn(C)nc3-c3ccccc3)c2nc1-c1nn(C(F)(F)F)cc1C(N)=O. The smallest absolute Gasteiger partial charge is 0.494 e. The molecule has 182 valence electrons. The minimum absolute atomic E-state index is 0.0524. The number of nitrogens with zero attached hydrogens (tertiary/aromatic N) is 7. The van der Waals surface area contributed by atoms with E-state index in [2.05, 4.69) is 25.1 Å². The number of halogens is 3. The summed E-state index contributed by atoms with van der Waals surface area (Å²) in [7, 11) is 3.07. The van der Waals surface area contributed by atoms with Crippen LogP contribution in [0.4, 0.5) is 13.2 Å². The molecule has 1 aromatic carbocycles. The monoisotopic (exact) mass is 494 g/mol. The fourth-order valence-electron chi connectivity index (χ4n) is 3.82. The third kappa shape index (κ3) is 3.89. The summed E-state index contributed by atoms with van der Waals surface area (Å²) in [5.74, 6) is -1.05. The van der Waals surface area contributed by atoms with Crippen LogP contribution in [0, 0.1) is 0 Å². The van der Waals surface area contributed by atoms with E-state index in [1.54, 1.807) is 17.9 Å². The molecule has 4 heterocycles. The summed E-state index contributed by atoms with van der Waals surface area (Å²) in [5.41, 5.74) is 7.44. The van der Waals surface area contributed by atoms with Gasteiger partial charge in [0.1, 0.15) is 40.4 Å². The Hall–Kier alpha value is -4.81. The van der Waals surface area contributed by atoms with Crippen molar-refractivity contribution in [3.8, 4) is 39.7 Å². The maximum atomic E-state index is 13.4. The number of primary amides is 1. The number of alkyl halides is 3. The van der Waals surface area contributed by atoms with Gasteiger partial charge in [-0.05, 0) is 0 Å². The van der Waals surface area contributed by atoms with Crippen LogP contribution in [0.15, 0.2) is 55.1 Å². The topological polar surface area (TPSA) is 127 Å². The van der Waals surface area contributed by atoms with Gasteiger partial charge in [0.15, 0.2) is 0 Å². The predicted octanol–water partition coefficient (Wildman–Crippen LogP) is 3.54. The molecule has 0 aliphatic carbocycles. The van der Waals surface area contributed by atoms with Gasteiger partial charge in [-0.3, -0.25) is 9.48 Å². The molecule has 0 radical (unpaired) electrons. The van der Waals surface area contributed by atoms with Gasteiger partial charge in [-0.15, -0.1) is 13.2 Å². The summed E-state index contributed by atoms with van der Waals surface area (Å²) >= 11 is 0. The molecule has 0 saturated carbocycles. The number of hydrogen-bond donors (Lipinski definition) is 1. The molecule has 2 N–H and O–H groups in total. The van der Waals surface area contributed by atoms with Gasteiger partial charge in [-0.2, -0.15) is 14.9 Å². The third-order valence-corrected chi connectivity index (χ3v) is 5.39. The number of rotatable bonds is 5. The first kappa shape index (κ1) is 23.0. The van der Waals surface area contributed by atoms with E-state index in [1.165, 1.54) is 19.5 Å². The molecule has 5 rings (SSSR count). The summed E-state index contributed by atoms with van der Waals surface area (Å²) in [6, 6.07) is 10.9. The Bertz CT molecular complexity index is 1610. The van der Waals surface area contributed by atoms with E-state index in [0.717, 1.165) is 5.56 Å². The molecule has 10 nitrogen and oxygen atoms in total. The zero-order chi connectivity index (χ0) is 25.6. The second-order valence-electron chi connectivity index (χ2n) is 7.73. The van der Waals surface area contributed by atoms with Crippen LogP contribution in [-0.2, 0) is 13.3 Å². The highest BCUT2D eigenvalue weighted by Gasteiger charge is 2.35. The van der Waals surface area contributed by atoms with Crippen LogP contribution in [-0.4, -0.2) is 47.5 Å². The van der Waals surface area contributed by atoms with Crippen LogP contribution in [0.25, 0.3) is 44.9 Å². The number of pyridine rings is 1. The molecule has 4 aromatic heterocycles. The fourth-order valence-corrected chi connectivity index (χ4v) is 3.82. The first-order chi connectivity index (χ1) is 17.2. The van der Waals surface area contributed by atoms with E-state index < -0.39 is 17.8 Å². The number of benzene rings is 1. The van der Waals surface area contributed by atoms with Crippen molar-refractivity contribution in [1.29, 1.82) is 0 Å². The fraction of sp³-hybridized carbons (Fsp3) is 0.130. The Morgan fingerprint density at radius 1 is 1.00 bits per heavy atom. The van der Waals surface area contributed by atoms with Gasteiger partial charge in [0, 0.05) is 36.6 Å². The van der Waals surface area contributed by atoms with Crippen molar-refractivity contribution in [2.45, 2.75) is 6.30 Å². The van der Waals surface area contributed by atoms with Crippen LogP contribution in [0.5, 0.6) is 5.75 Å². The van der Waals surface area contributed by atoms with E-state index in [9.17, 15) is 18.0 Å². The lowest BCUT2D eigenvalue weighted by molar-refractivity contribution is -0.212.